The van der Waals surface area contributed by atoms with Gasteiger partial charge in [-0.1, -0.05) is 35.5 Å². The van der Waals surface area contributed by atoms with Crippen molar-refractivity contribution in [3.63, 3.8) is 0 Å². The third-order valence-electron chi connectivity index (χ3n) is 3.67. The average Bonchev–Trinajstić information content (AvgIpc) is 3.06. The molecule has 0 amide bonds. The van der Waals surface area contributed by atoms with E-state index in [0.717, 1.165) is 5.56 Å². The maximum Gasteiger partial charge on any atom is 0.243 e. The van der Waals surface area contributed by atoms with Gasteiger partial charge in [0.05, 0.1) is 17.5 Å². The molecule has 1 aromatic heterocycles. The van der Waals surface area contributed by atoms with Gasteiger partial charge >= 0.3 is 0 Å². The Labute approximate surface area is 123 Å². The number of hydrogen-bond donors (Lipinski definition) is 1. The van der Waals surface area contributed by atoms with Crippen LogP contribution in [-0.4, -0.2) is 30.1 Å². The zero-order valence-corrected chi connectivity index (χ0v) is 12.3. The van der Waals surface area contributed by atoms with E-state index in [-0.39, 0.29) is 23.5 Å². The Balaban J connectivity index is 1.70. The van der Waals surface area contributed by atoms with Gasteiger partial charge in [0.15, 0.2) is 15.7 Å². The lowest BCUT2D eigenvalue weighted by Crippen LogP contribution is -2.14. The van der Waals surface area contributed by atoms with E-state index in [1.54, 1.807) is 0 Å². The van der Waals surface area contributed by atoms with Crippen LogP contribution < -0.4 is 5.73 Å². The summed E-state index contributed by atoms with van der Waals surface area (Å²) in [5.74, 6) is 0.932. The first kappa shape index (κ1) is 14.2. The molecule has 2 N–H and O–H groups in total. The molecule has 1 aliphatic rings. The van der Waals surface area contributed by atoms with Crippen LogP contribution in [0.2, 0.25) is 0 Å². The Kier molecular flexibility index (Phi) is 3.77. The van der Waals surface area contributed by atoms with Crippen molar-refractivity contribution in [3.8, 4) is 0 Å². The summed E-state index contributed by atoms with van der Waals surface area (Å²) in [4.78, 5) is 4.29. The molecular formula is C14H17N3O3S. The molecule has 1 aliphatic heterocycles. The SMILES string of the molecule is N[C@@H](Cc1ccccc1)c1nc(C2CCS(=O)(=O)C2)no1. The normalized spacial score (nSPS) is 22.2. The third kappa shape index (κ3) is 3.30. The molecular weight excluding hydrogens is 290 g/mol. The fraction of sp³-hybridized carbons (Fsp3) is 0.429. The molecule has 7 heteroatoms. The van der Waals surface area contributed by atoms with Crippen LogP contribution in [-0.2, 0) is 16.3 Å². The summed E-state index contributed by atoms with van der Waals surface area (Å²) in [6.45, 7) is 0. The van der Waals surface area contributed by atoms with Crippen molar-refractivity contribution in [2.45, 2.75) is 24.8 Å². The van der Waals surface area contributed by atoms with Crippen LogP contribution in [0.15, 0.2) is 34.9 Å². The van der Waals surface area contributed by atoms with Crippen molar-refractivity contribution in [2.24, 2.45) is 5.73 Å². The number of sulfone groups is 1. The van der Waals surface area contributed by atoms with Crippen molar-refractivity contribution < 1.29 is 12.9 Å². The molecule has 6 nitrogen and oxygen atoms in total. The quantitative estimate of drug-likeness (QED) is 0.911. The molecule has 112 valence electrons. The van der Waals surface area contributed by atoms with Gasteiger partial charge in [-0.05, 0) is 18.4 Å². The standard InChI is InChI=1S/C14H17N3O3S/c15-12(8-10-4-2-1-3-5-10)14-16-13(17-20-14)11-6-7-21(18,19)9-11/h1-5,11-12H,6-9,15H2/t11?,12-/m0/s1. The maximum absolute atomic E-state index is 11.5. The van der Waals surface area contributed by atoms with Crippen LogP contribution in [0.1, 0.15) is 35.7 Å². The van der Waals surface area contributed by atoms with Gasteiger partial charge in [0.25, 0.3) is 0 Å². The highest BCUT2D eigenvalue weighted by Crippen LogP contribution is 2.27. The zero-order valence-electron chi connectivity index (χ0n) is 11.5. The van der Waals surface area contributed by atoms with Gasteiger partial charge in [-0.25, -0.2) is 8.42 Å². The molecule has 0 spiro atoms. The van der Waals surface area contributed by atoms with Gasteiger partial charge in [0.2, 0.25) is 5.89 Å². The minimum absolute atomic E-state index is 0.0971. The molecule has 0 aliphatic carbocycles. The smallest absolute Gasteiger partial charge is 0.243 e. The molecule has 0 radical (unpaired) electrons. The lowest BCUT2D eigenvalue weighted by Gasteiger charge is -2.06. The number of hydrogen-bond acceptors (Lipinski definition) is 6. The highest BCUT2D eigenvalue weighted by molar-refractivity contribution is 7.91. The van der Waals surface area contributed by atoms with E-state index < -0.39 is 9.84 Å². The van der Waals surface area contributed by atoms with E-state index in [4.69, 9.17) is 10.3 Å². The van der Waals surface area contributed by atoms with Crippen LogP contribution >= 0.6 is 0 Å². The Bertz CT molecular complexity index is 712. The van der Waals surface area contributed by atoms with Crippen LogP contribution in [0.3, 0.4) is 0 Å². The zero-order chi connectivity index (χ0) is 14.9. The number of nitrogens with zero attached hydrogens (tertiary/aromatic N) is 2. The van der Waals surface area contributed by atoms with E-state index in [9.17, 15) is 8.42 Å². The third-order valence-corrected chi connectivity index (χ3v) is 5.44. The predicted molar refractivity (Wildman–Crippen MR) is 77.4 cm³/mol. The summed E-state index contributed by atoms with van der Waals surface area (Å²) < 4.78 is 28.2. The van der Waals surface area contributed by atoms with Gasteiger partial charge in [-0.3, -0.25) is 0 Å². The first-order valence-corrected chi connectivity index (χ1v) is 8.69. The molecule has 3 rings (SSSR count). The monoisotopic (exact) mass is 307 g/mol. The van der Waals surface area contributed by atoms with E-state index >= 15 is 0 Å². The van der Waals surface area contributed by atoms with Crippen molar-refractivity contribution in [2.75, 3.05) is 11.5 Å². The van der Waals surface area contributed by atoms with Crippen molar-refractivity contribution in [1.82, 2.24) is 10.1 Å². The lowest BCUT2D eigenvalue weighted by molar-refractivity contribution is 0.348. The van der Waals surface area contributed by atoms with Crippen LogP contribution in [0, 0.1) is 0 Å². The first-order chi connectivity index (χ1) is 10.0. The minimum Gasteiger partial charge on any atom is -0.338 e. The van der Waals surface area contributed by atoms with E-state index in [0.29, 0.717) is 24.6 Å². The summed E-state index contributed by atoms with van der Waals surface area (Å²) >= 11 is 0. The molecule has 0 bridgehead atoms. The van der Waals surface area contributed by atoms with Crippen molar-refractivity contribution in [3.05, 3.63) is 47.6 Å². The van der Waals surface area contributed by atoms with Crippen molar-refractivity contribution >= 4 is 9.84 Å². The van der Waals surface area contributed by atoms with E-state index in [1.807, 2.05) is 30.3 Å². The Morgan fingerprint density at radius 1 is 1.33 bits per heavy atom. The summed E-state index contributed by atoms with van der Waals surface area (Å²) in [7, 11) is -2.96. The molecule has 2 heterocycles. The summed E-state index contributed by atoms with van der Waals surface area (Å²) in [5, 5.41) is 3.90. The van der Waals surface area contributed by atoms with Crippen LogP contribution in [0.25, 0.3) is 0 Å². The molecule has 1 unspecified atom stereocenters. The van der Waals surface area contributed by atoms with Crippen molar-refractivity contribution in [1.29, 1.82) is 0 Å². The maximum atomic E-state index is 11.5. The second-order valence-electron chi connectivity index (χ2n) is 5.39. The predicted octanol–water partition coefficient (Wildman–Crippen LogP) is 1.21. The molecule has 1 aromatic carbocycles. The summed E-state index contributed by atoms with van der Waals surface area (Å²) in [6, 6.07) is 9.43. The van der Waals surface area contributed by atoms with E-state index in [1.165, 1.54) is 0 Å². The fourth-order valence-electron chi connectivity index (χ4n) is 2.52. The second-order valence-corrected chi connectivity index (χ2v) is 7.62. The summed E-state index contributed by atoms with van der Waals surface area (Å²) in [6.07, 6.45) is 1.15. The number of aromatic nitrogens is 2. The van der Waals surface area contributed by atoms with Crippen LogP contribution in [0.5, 0.6) is 0 Å². The molecule has 0 saturated carbocycles. The molecule has 2 atom stereocenters. The number of rotatable bonds is 4. The van der Waals surface area contributed by atoms with Gasteiger partial charge in [-0.15, -0.1) is 0 Å². The molecule has 21 heavy (non-hydrogen) atoms. The Morgan fingerprint density at radius 3 is 2.76 bits per heavy atom. The highest BCUT2D eigenvalue weighted by atomic mass is 32.2. The number of benzene rings is 1. The Hall–Kier alpha value is -1.73. The van der Waals surface area contributed by atoms with E-state index in [2.05, 4.69) is 10.1 Å². The topological polar surface area (TPSA) is 99.1 Å². The first-order valence-electron chi connectivity index (χ1n) is 6.87. The van der Waals surface area contributed by atoms with Crippen LogP contribution in [0.4, 0.5) is 0 Å². The number of nitrogens with two attached hydrogens (primary N) is 1. The second kappa shape index (κ2) is 5.57. The molecule has 1 saturated heterocycles. The van der Waals surface area contributed by atoms with Gasteiger partial charge in [0, 0.05) is 5.92 Å². The van der Waals surface area contributed by atoms with Gasteiger partial charge in [0.1, 0.15) is 0 Å². The molecule has 2 aromatic rings. The largest absolute Gasteiger partial charge is 0.338 e. The Morgan fingerprint density at radius 2 is 2.10 bits per heavy atom. The summed E-state index contributed by atoms with van der Waals surface area (Å²) in [5.41, 5.74) is 7.17. The average molecular weight is 307 g/mol. The molecule has 1 fully saturated rings. The lowest BCUT2D eigenvalue weighted by atomic mass is 10.1. The highest BCUT2D eigenvalue weighted by Gasteiger charge is 2.32. The van der Waals surface area contributed by atoms with Gasteiger partial charge in [-0.2, -0.15) is 4.98 Å². The van der Waals surface area contributed by atoms with Gasteiger partial charge < -0.3 is 10.3 Å². The fourth-order valence-corrected chi connectivity index (χ4v) is 4.26. The minimum atomic E-state index is -2.96.